The summed E-state index contributed by atoms with van der Waals surface area (Å²) in [5.74, 6) is 0.595. The van der Waals surface area contributed by atoms with E-state index in [1.807, 2.05) is 12.1 Å². The molecular formula is C24H19FN8S. The van der Waals surface area contributed by atoms with Crippen molar-refractivity contribution < 1.29 is 4.39 Å². The number of fused-ring (bicyclic) bond motifs is 2. The van der Waals surface area contributed by atoms with Crippen molar-refractivity contribution in [2.75, 3.05) is 5.32 Å². The highest BCUT2D eigenvalue weighted by molar-refractivity contribution is 7.14. The Bertz CT molecular complexity index is 1650. The molecule has 0 saturated heterocycles. The lowest BCUT2D eigenvalue weighted by molar-refractivity contribution is 0.657. The van der Waals surface area contributed by atoms with Gasteiger partial charge in [-0.2, -0.15) is 9.49 Å². The monoisotopic (exact) mass is 470 g/mol. The van der Waals surface area contributed by atoms with E-state index in [1.54, 1.807) is 37.1 Å². The third-order valence-corrected chi connectivity index (χ3v) is 6.30. The SMILES string of the molecule is CC(C)Nc1cncc(-c2cc3c(-c4nc5c(-c6ccc(F)s6)cncc5[nH]4)n[nH]c3cn2)c1. The van der Waals surface area contributed by atoms with Crippen LogP contribution in [0.15, 0.2) is 55.2 Å². The lowest BCUT2D eigenvalue weighted by Crippen LogP contribution is -2.09. The average Bonchev–Trinajstić information content (AvgIpc) is 3.55. The van der Waals surface area contributed by atoms with Crippen molar-refractivity contribution in [3.8, 4) is 33.2 Å². The van der Waals surface area contributed by atoms with Crippen LogP contribution in [0.4, 0.5) is 10.1 Å². The first-order valence-corrected chi connectivity index (χ1v) is 11.5. The molecule has 0 atom stereocenters. The lowest BCUT2D eigenvalue weighted by Gasteiger charge is -2.10. The van der Waals surface area contributed by atoms with E-state index in [0.29, 0.717) is 23.1 Å². The second-order valence-corrected chi connectivity index (χ2v) is 9.26. The fourth-order valence-electron chi connectivity index (χ4n) is 3.93. The van der Waals surface area contributed by atoms with E-state index < -0.39 is 0 Å². The number of nitrogens with zero attached hydrogens (tertiary/aromatic N) is 5. The number of hydrogen-bond acceptors (Lipinski definition) is 7. The maximum atomic E-state index is 13.6. The summed E-state index contributed by atoms with van der Waals surface area (Å²) in [4.78, 5) is 22.1. The first kappa shape index (κ1) is 20.4. The number of pyridine rings is 3. The van der Waals surface area contributed by atoms with Crippen molar-refractivity contribution in [1.82, 2.24) is 35.1 Å². The standard InChI is InChI=1S/C24H19FN8S/c1-12(2)29-14-5-13(7-26-8-14)17-6-15-18(11-28-17)32-33-23(15)24-30-19-10-27-9-16(22(19)31-24)20-3-4-21(25)34-20/h3-12,29H,1-2H3,(H,30,31)(H,32,33). The van der Waals surface area contributed by atoms with Crippen molar-refractivity contribution >= 4 is 39.0 Å². The molecule has 0 aromatic carbocycles. The molecule has 10 heteroatoms. The van der Waals surface area contributed by atoms with Gasteiger partial charge >= 0.3 is 0 Å². The Hall–Kier alpha value is -4.18. The molecule has 0 bridgehead atoms. The highest BCUT2D eigenvalue weighted by atomic mass is 32.1. The third kappa shape index (κ3) is 3.57. The van der Waals surface area contributed by atoms with Gasteiger partial charge in [-0.15, -0.1) is 11.3 Å². The van der Waals surface area contributed by atoms with Crippen LogP contribution in [0.1, 0.15) is 13.8 Å². The van der Waals surface area contributed by atoms with Gasteiger partial charge in [0.25, 0.3) is 0 Å². The first-order valence-electron chi connectivity index (χ1n) is 10.7. The molecule has 8 nitrogen and oxygen atoms in total. The van der Waals surface area contributed by atoms with Gasteiger partial charge in [-0.05, 0) is 38.1 Å². The van der Waals surface area contributed by atoms with Crippen LogP contribution in [-0.2, 0) is 0 Å². The van der Waals surface area contributed by atoms with E-state index in [2.05, 4.69) is 49.3 Å². The summed E-state index contributed by atoms with van der Waals surface area (Å²) in [5, 5.41) is 11.5. The third-order valence-electron chi connectivity index (χ3n) is 5.39. The maximum Gasteiger partial charge on any atom is 0.176 e. The number of imidazole rings is 1. The van der Waals surface area contributed by atoms with Gasteiger partial charge in [0, 0.05) is 46.0 Å². The van der Waals surface area contributed by atoms with Crippen LogP contribution in [0.5, 0.6) is 0 Å². The van der Waals surface area contributed by atoms with Crippen LogP contribution in [0.2, 0.25) is 0 Å². The molecule has 0 spiro atoms. The molecule has 6 heterocycles. The van der Waals surface area contributed by atoms with Crippen molar-refractivity contribution in [1.29, 1.82) is 0 Å². The molecule has 0 aliphatic heterocycles. The minimum absolute atomic E-state index is 0.247. The highest BCUT2D eigenvalue weighted by Gasteiger charge is 2.17. The molecule has 0 aliphatic carbocycles. The Labute approximate surface area is 197 Å². The molecule has 6 aromatic rings. The van der Waals surface area contributed by atoms with Crippen LogP contribution >= 0.6 is 11.3 Å². The normalized spacial score (nSPS) is 11.6. The minimum atomic E-state index is -0.247. The second kappa shape index (κ2) is 7.99. The number of halogens is 1. The number of H-pyrrole nitrogens is 2. The molecule has 0 amide bonds. The Morgan fingerprint density at radius 2 is 1.88 bits per heavy atom. The summed E-state index contributed by atoms with van der Waals surface area (Å²) in [5.41, 5.74) is 6.32. The fraction of sp³-hybridized carbons (Fsp3) is 0.125. The molecule has 6 rings (SSSR count). The lowest BCUT2D eigenvalue weighted by atomic mass is 10.1. The molecule has 0 radical (unpaired) electrons. The first-order chi connectivity index (χ1) is 16.5. The van der Waals surface area contributed by atoms with Crippen molar-refractivity contribution in [2.45, 2.75) is 19.9 Å². The zero-order valence-electron chi connectivity index (χ0n) is 18.3. The summed E-state index contributed by atoms with van der Waals surface area (Å²) < 4.78 is 13.6. The molecule has 0 aliphatic rings. The summed E-state index contributed by atoms with van der Waals surface area (Å²) >= 11 is 1.07. The molecule has 0 saturated carbocycles. The number of thiophene rings is 1. The molecule has 0 fully saturated rings. The maximum absolute atomic E-state index is 13.6. The van der Waals surface area contributed by atoms with E-state index in [-0.39, 0.29) is 5.13 Å². The van der Waals surface area contributed by atoms with Crippen LogP contribution in [0, 0.1) is 5.13 Å². The number of nitrogens with one attached hydrogen (secondary N) is 3. The quantitative estimate of drug-likeness (QED) is 0.301. The van der Waals surface area contributed by atoms with Crippen LogP contribution in [-0.4, -0.2) is 41.2 Å². The Kier molecular flexibility index (Phi) is 4.80. The van der Waals surface area contributed by atoms with Crippen LogP contribution in [0.25, 0.3) is 55.2 Å². The molecule has 3 N–H and O–H groups in total. The summed E-state index contributed by atoms with van der Waals surface area (Å²) in [7, 11) is 0. The van der Waals surface area contributed by atoms with Crippen molar-refractivity contribution in [3.05, 3.63) is 60.4 Å². The topological polar surface area (TPSA) is 108 Å². The second-order valence-electron chi connectivity index (χ2n) is 8.22. The predicted molar refractivity (Wildman–Crippen MR) is 132 cm³/mol. The van der Waals surface area contributed by atoms with Gasteiger partial charge in [0.1, 0.15) is 11.2 Å². The van der Waals surface area contributed by atoms with Gasteiger partial charge in [0.15, 0.2) is 11.0 Å². The number of anilines is 1. The van der Waals surface area contributed by atoms with E-state index in [9.17, 15) is 4.39 Å². The number of hydrogen-bond donors (Lipinski definition) is 3. The van der Waals surface area contributed by atoms with Crippen molar-refractivity contribution in [2.24, 2.45) is 0 Å². The number of aromatic amines is 2. The summed E-state index contributed by atoms with van der Waals surface area (Å²) in [6.45, 7) is 4.16. The zero-order valence-corrected chi connectivity index (χ0v) is 19.1. The number of rotatable bonds is 5. The Balaban J connectivity index is 1.45. The van der Waals surface area contributed by atoms with E-state index >= 15 is 0 Å². The molecule has 34 heavy (non-hydrogen) atoms. The molecule has 0 unspecified atom stereocenters. The van der Waals surface area contributed by atoms with Crippen LogP contribution < -0.4 is 5.32 Å². The van der Waals surface area contributed by atoms with Gasteiger partial charge in [-0.3, -0.25) is 20.1 Å². The Morgan fingerprint density at radius 1 is 1.00 bits per heavy atom. The van der Waals surface area contributed by atoms with E-state index in [0.717, 1.165) is 55.1 Å². The minimum Gasteiger partial charge on any atom is -0.382 e. The predicted octanol–water partition coefficient (Wildman–Crippen LogP) is 5.65. The number of aromatic nitrogens is 7. The smallest absolute Gasteiger partial charge is 0.176 e. The van der Waals surface area contributed by atoms with Gasteiger partial charge in [-0.1, -0.05) is 0 Å². The largest absolute Gasteiger partial charge is 0.382 e. The van der Waals surface area contributed by atoms with Gasteiger partial charge in [0.05, 0.1) is 34.8 Å². The highest BCUT2D eigenvalue weighted by Crippen LogP contribution is 2.34. The summed E-state index contributed by atoms with van der Waals surface area (Å²) in [6.07, 6.45) is 8.76. The average molecular weight is 471 g/mol. The molecular weight excluding hydrogens is 451 g/mol. The van der Waals surface area contributed by atoms with E-state index in [4.69, 9.17) is 4.98 Å². The van der Waals surface area contributed by atoms with Crippen LogP contribution in [0.3, 0.4) is 0 Å². The zero-order chi connectivity index (χ0) is 23.2. The van der Waals surface area contributed by atoms with E-state index in [1.165, 1.54) is 6.07 Å². The van der Waals surface area contributed by atoms with Gasteiger partial charge in [0.2, 0.25) is 0 Å². The fourth-order valence-corrected chi connectivity index (χ4v) is 4.67. The molecule has 6 aromatic heterocycles. The van der Waals surface area contributed by atoms with Gasteiger partial charge < -0.3 is 10.3 Å². The molecule has 168 valence electrons. The van der Waals surface area contributed by atoms with Crippen molar-refractivity contribution in [3.63, 3.8) is 0 Å². The Morgan fingerprint density at radius 3 is 2.71 bits per heavy atom. The summed E-state index contributed by atoms with van der Waals surface area (Å²) in [6, 6.07) is 7.49. The van der Waals surface area contributed by atoms with Gasteiger partial charge in [-0.25, -0.2) is 4.98 Å².